The van der Waals surface area contributed by atoms with Gasteiger partial charge in [-0.25, -0.2) is 0 Å². The zero-order valence-corrected chi connectivity index (χ0v) is 12.2. The van der Waals surface area contributed by atoms with E-state index in [9.17, 15) is 5.26 Å². The van der Waals surface area contributed by atoms with Crippen molar-refractivity contribution >= 4 is 26.8 Å². The summed E-state index contributed by atoms with van der Waals surface area (Å²) >= 11 is 3.45. The molecule has 0 spiro atoms. The zero-order valence-electron chi connectivity index (χ0n) is 10.6. The molecule has 2 aromatic carbocycles. The molecule has 1 heterocycles. The fourth-order valence-corrected chi connectivity index (χ4v) is 2.61. The second-order valence-corrected chi connectivity index (χ2v) is 5.46. The molecule has 0 saturated heterocycles. The molecule has 2 nitrogen and oxygen atoms in total. The van der Waals surface area contributed by atoms with Gasteiger partial charge in [-0.1, -0.05) is 52.3 Å². The Kier molecular flexibility index (Phi) is 3.49. The number of nitriles is 1. The molecule has 0 aliphatic carbocycles. The van der Waals surface area contributed by atoms with E-state index >= 15 is 0 Å². The van der Waals surface area contributed by atoms with Gasteiger partial charge in [0.05, 0.1) is 17.3 Å². The molecule has 0 saturated carbocycles. The van der Waals surface area contributed by atoms with Crippen LogP contribution in [0.5, 0.6) is 0 Å². The Morgan fingerprint density at radius 1 is 1.00 bits per heavy atom. The number of halogens is 1. The topological polar surface area (TPSA) is 36.7 Å². The number of benzene rings is 2. The summed E-state index contributed by atoms with van der Waals surface area (Å²) < 4.78 is 1.03. The SMILES string of the molecule is N#CC(c1ccccc1)c1ccc2cc(Br)ccc2n1. The standard InChI is InChI=1S/C17H11BrN2/c18-14-7-9-16-13(10-14)6-8-17(20-16)15(11-19)12-4-2-1-3-5-12/h1-10,15H. The Bertz CT molecular complexity index is 791. The minimum Gasteiger partial charge on any atom is -0.251 e. The summed E-state index contributed by atoms with van der Waals surface area (Å²) in [5.41, 5.74) is 2.66. The van der Waals surface area contributed by atoms with E-state index in [1.165, 1.54) is 0 Å². The molecule has 0 aliphatic heterocycles. The minimum atomic E-state index is -0.329. The number of rotatable bonds is 2. The Labute approximate surface area is 125 Å². The van der Waals surface area contributed by atoms with E-state index in [4.69, 9.17) is 0 Å². The number of hydrogen-bond acceptors (Lipinski definition) is 2. The molecule has 3 aromatic rings. The van der Waals surface area contributed by atoms with Gasteiger partial charge in [0.2, 0.25) is 0 Å². The summed E-state index contributed by atoms with van der Waals surface area (Å²) in [6.07, 6.45) is 0. The largest absolute Gasteiger partial charge is 0.251 e. The van der Waals surface area contributed by atoms with E-state index in [0.717, 1.165) is 26.6 Å². The third-order valence-corrected chi connectivity index (χ3v) is 3.72. The van der Waals surface area contributed by atoms with Crippen molar-refractivity contribution in [2.75, 3.05) is 0 Å². The monoisotopic (exact) mass is 322 g/mol. The second-order valence-electron chi connectivity index (χ2n) is 4.55. The molecule has 1 unspecified atom stereocenters. The van der Waals surface area contributed by atoms with Crippen molar-refractivity contribution in [3.63, 3.8) is 0 Å². The van der Waals surface area contributed by atoms with Crippen LogP contribution in [0.4, 0.5) is 0 Å². The Morgan fingerprint density at radius 3 is 2.55 bits per heavy atom. The Hall–Kier alpha value is -2.18. The lowest BCUT2D eigenvalue weighted by Crippen LogP contribution is -2.01. The third kappa shape index (κ3) is 2.43. The van der Waals surface area contributed by atoms with Crippen LogP contribution in [0, 0.1) is 11.3 Å². The molecule has 3 heteroatoms. The van der Waals surface area contributed by atoms with Gasteiger partial charge in [0.15, 0.2) is 0 Å². The molecule has 0 N–H and O–H groups in total. The molecule has 0 amide bonds. The van der Waals surface area contributed by atoms with E-state index in [-0.39, 0.29) is 5.92 Å². The molecular weight excluding hydrogens is 312 g/mol. The van der Waals surface area contributed by atoms with Crippen LogP contribution >= 0.6 is 15.9 Å². The summed E-state index contributed by atoms with van der Waals surface area (Å²) in [5.74, 6) is -0.329. The zero-order chi connectivity index (χ0) is 13.9. The highest BCUT2D eigenvalue weighted by molar-refractivity contribution is 9.10. The van der Waals surface area contributed by atoms with E-state index in [2.05, 4.69) is 27.0 Å². The van der Waals surface area contributed by atoms with E-state index in [1.807, 2.05) is 60.7 Å². The number of pyridine rings is 1. The molecule has 1 atom stereocenters. The van der Waals surface area contributed by atoms with E-state index in [0.29, 0.717) is 0 Å². The predicted molar refractivity (Wildman–Crippen MR) is 83.3 cm³/mol. The van der Waals surface area contributed by atoms with Crippen molar-refractivity contribution in [1.82, 2.24) is 4.98 Å². The van der Waals surface area contributed by atoms with Gasteiger partial charge >= 0.3 is 0 Å². The smallest absolute Gasteiger partial charge is 0.113 e. The summed E-state index contributed by atoms with van der Waals surface area (Å²) in [6.45, 7) is 0. The molecular formula is C17H11BrN2. The molecule has 20 heavy (non-hydrogen) atoms. The molecule has 1 aromatic heterocycles. The highest BCUT2D eigenvalue weighted by Gasteiger charge is 2.14. The lowest BCUT2D eigenvalue weighted by molar-refractivity contribution is 0.980. The highest BCUT2D eigenvalue weighted by Crippen LogP contribution is 2.25. The first kappa shape index (κ1) is 12.8. The van der Waals surface area contributed by atoms with Crippen LogP contribution in [0.15, 0.2) is 65.1 Å². The van der Waals surface area contributed by atoms with Gasteiger partial charge in [-0.15, -0.1) is 0 Å². The first-order chi connectivity index (χ1) is 9.78. The fraction of sp³-hybridized carbons (Fsp3) is 0.0588. The summed E-state index contributed by atoms with van der Waals surface area (Å²) in [6, 6.07) is 22.0. The average Bonchev–Trinajstić information content (AvgIpc) is 2.49. The van der Waals surface area contributed by atoms with Crippen LogP contribution in [0.3, 0.4) is 0 Å². The van der Waals surface area contributed by atoms with Gasteiger partial charge in [0, 0.05) is 9.86 Å². The summed E-state index contributed by atoms with van der Waals surface area (Å²) in [5, 5.41) is 10.5. The maximum Gasteiger partial charge on any atom is 0.113 e. The quantitative estimate of drug-likeness (QED) is 0.688. The van der Waals surface area contributed by atoms with Crippen LogP contribution in [-0.2, 0) is 0 Å². The van der Waals surface area contributed by atoms with Crippen molar-refractivity contribution in [2.45, 2.75) is 5.92 Å². The van der Waals surface area contributed by atoms with Crippen molar-refractivity contribution in [1.29, 1.82) is 5.26 Å². The van der Waals surface area contributed by atoms with E-state index in [1.54, 1.807) is 0 Å². The molecule has 3 rings (SSSR count). The van der Waals surface area contributed by atoms with Crippen LogP contribution < -0.4 is 0 Å². The normalized spacial score (nSPS) is 12.0. The fourth-order valence-electron chi connectivity index (χ4n) is 2.23. The maximum absolute atomic E-state index is 9.45. The van der Waals surface area contributed by atoms with Gasteiger partial charge in [0.25, 0.3) is 0 Å². The van der Waals surface area contributed by atoms with Crippen molar-refractivity contribution in [2.24, 2.45) is 0 Å². The van der Waals surface area contributed by atoms with Crippen LogP contribution in [0.25, 0.3) is 10.9 Å². The Balaban J connectivity index is 2.09. The van der Waals surface area contributed by atoms with Crippen LogP contribution in [0.1, 0.15) is 17.2 Å². The highest BCUT2D eigenvalue weighted by atomic mass is 79.9. The first-order valence-electron chi connectivity index (χ1n) is 6.29. The van der Waals surface area contributed by atoms with E-state index < -0.39 is 0 Å². The molecule has 0 fully saturated rings. The van der Waals surface area contributed by atoms with Crippen molar-refractivity contribution < 1.29 is 0 Å². The summed E-state index contributed by atoms with van der Waals surface area (Å²) in [7, 11) is 0. The number of fused-ring (bicyclic) bond motifs is 1. The first-order valence-corrected chi connectivity index (χ1v) is 7.08. The number of hydrogen-bond donors (Lipinski definition) is 0. The lowest BCUT2D eigenvalue weighted by atomic mass is 9.96. The molecule has 96 valence electrons. The molecule has 0 bridgehead atoms. The molecule has 0 radical (unpaired) electrons. The van der Waals surface area contributed by atoms with Crippen LogP contribution in [0.2, 0.25) is 0 Å². The maximum atomic E-state index is 9.45. The Morgan fingerprint density at radius 2 is 1.80 bits per heavy atom. The third-order valence-electron chi connectivity index (χ3n) is 3.23. The predicted octanol–water partition coefficient (Wildman–Crippen LogP) is 4.65. The summed E-state index contributed by atoms with van der Waals surface area (Å²) in [4.78, 5) is 4.62. The second kappa shape index (κ2) is 5.44. The van der Waals surface area contributed by atoms with Gasteiger partial charge in [0.1, 0.15) is 5.92 Å². The van der Waals surface area contributed by atoms with Crippen molar-refractivity contribution in [3.05, 3.63) is 76.4 Å². The number of nitrogens with zero attached hydrogens (tertiary/aromatic N) is 2. The van der Waals surface area contributed by atoms with Gasteiger partial charge in [-0.3, -0.25) is 4.98 Å². The van der Waals surface area contributed by atoms with Gasteiger partial charge in [-0.05, 0) is 29.8 Å². The van der Waals surface area contributed by atoms with Crippen molar-refractivity contribution in [3.8, 4) is 6.07 Å². The van der Waals surface area contributed by atoms with Gasteiger partial charge in [-0.2, -0.15) is 5.26 Å². The number of aromatic nitrogens is 1. The lowest BCUT2D eigenvalue weighted by Gasteiger charge is -2.10. The van der Waals surface area contributed by atoms with Gasteiger partial charge < -0.3 is 0 Å². The minimum absolute atomic E-state index is 0.329. The van der Waals surface area contributed by atoms with Crippen LogP contribution in [-0.4, -0.2) is 4.98 Å². The average molecular weight is 323 g/mol. The molecule has 0 aliphatic rings.